The maximum Gasteiger partial charge on any atom is 0.194 e. The first-order chi connectivity index (χ1) is 8.99. The maximum absolute atomic E-state index is 6.47. The van der Waals surface area contributed by atoms with Crippen molar-refractivity contribution in [2.75, 3.05) is 20.2 Å². The summed E-state index contributed by atoms with van der Waals surface area (Å²) in [5.41, 5.74) is -0.420. The number of ether oxygens (including phenoxy) is 3. The molecule has 2 fully saturated rings. The fraction of sp³-hybridized carbons (Fsp3) is 0.867. The second kappa shape index (κ2) is 5.52. The zero-order valence-corrected chi connectivity index (χ0v) is 12.6. The highest BCUT2D eigenvalue weighted by Crippen LogP contribution is 2.43. The minimum absolute atomic E-state index is 0.0200. The van der Waals surface area contributed by atoms with Gasteiger partial charge in [0.15, 0.2) is 5.79 Å². The third-order valence-electron chi connectivity index (χ3n) is 4.67. The quantitative estimate of drug-likeness (QED) is 0.793. The van der Waals surface area contributed by atoms with Crippen LogP contribution in [0.15, 0.2) is 12.7 Å². The van der Waals surface area contributed by atoms with Crippen LogP contribution in [0.4, 0.5) is 0 Å². The molecule has 0 aromatic rings. The fourth-order valence-corrected chi connectivity index (χ4v) is 3.24. The van der Waals surface area contributed by atoms with Gasteiger partial charge in [0.2, 0.25) is 0 Å². The lowest BCUT2D eigenvalue weighted by Crippen LogP contribution is -2.69. The van der Waals surface area contributed by atoms with Gasteiger partial charge in [0.05, 0.1) is 6.10 Å². The molecule has 0 unspecified atom stereocenters. The van der Waals surface area contributed by atoms with Crippen LogP contribution in [0, 0.1) is 5.92 Å². The fourth-order valence-electron chi connectivity index (χ4n) is 3.24. The van der Waals surface area contributed by atoms with Crippen LogP contribution in [0.5, 0.6) is 0 Å². The van der Waals surface area contributed by atoms with Gasteiger partial charge in [-0.1, -0.05) is 19.4 Å². The van der Waals surface area contributed by atoms with Gasteiger partial charge in [0.1, 0.15) is 11.7 Å². The van der Waals surface area contributed by atoms with Crippen LogP contribution in [-0.2, 0) is 14.2 Å². The van der Waals surface area contributed by atoms with Gasteiger partial charge in [-0.05, 0) is 20.3 Å². The Hall–Kier alpha value is -0.420. The van der Waals surface area contributed by atoms with E-state index in [0.29, 0.717) is 0 Å². The predicted molar refractivity (Wildman–Crippen MR) is 75.0 cm³/mol. The van der Waals surface area contributed by atoms with Gasteiger partial charge in [-0.3, -0.25) is 0 Å². The number of rotatable bonds is 4. The van der Waals surface area contributed by atoms with Crippen molar-refractivity contribution in [3.63, 3.8) is 0 Å². The third-order valence-corrected chi connectivity index (χ3v) is 4.67. The van der Waals surface area contributed by atoms with E-state index in [1.54, 1.807) is 7.11 Å². The number of hydrogen-bond donors (Lipinski definition) is 1. The van der Waals surface area contributed by atoms with Gasteiger partial charge in [-0.2, -0.15) is 0 Å². The molecule has 2 aliphatic heterocycles. The minimum atomic E-state index is -0.699. The van der Waals surface area contributed by atoms with Crippen LogP contribution in [0.1, 0.15) is 33.6 Å². The topological polar surface area (TPSA) is 39.7 Å². The maximum atomic E-state index is 6.47. The van der Waals surface area contributed by atoms with Crippen molar-refractivity contribution >= 4 is 0 Å². The molecule has 1 N–H and O–H groups in total. The van der Waals surface area contributed by atoms with Crippen LogP contribution in [0.3, 0.4) is 0 Å². The van der Waals surface area contributed by atoms with Crippen LogP contribution < -0.4 is 5.32 Å². The molecule has 110 valence electrons. The van der Waals surface area contributed by atoms with Crippen molar-refractivity contribution < 1.29 is 14.2 Å². The molecule has 0 saturated carbocycles. The third kappa shape index (κ3) is 2.47. The molecule has 5 atom stereocenters. The first-order valence-corrected chi connectivity index (χ1v) is 7.23. The van der Waals surface area contributed by atoms with Gasteiger partial charge in [-0.25, -0.2) is 0 Å². The number of fused-ring (bicyclic) bond motifs is 1. The van der Waals surface area contributed by atoms with E-state index in [4.69, 9.17) is 14.2 Å². The van der Waals surface area contributed by atoms with E-state index in [1.807, 2.05) is 13.0 Å². The highest BCUT2D eigenvalue weighted by atomic mass is 16.7. The first-order valence-electron chi connectivity index (χ1n) is 7.23. The zero-order chi connectivity index (χ0) is 14.1. The lowest BCUT2D eigenvalue weighted by atomic mass is 9.84. The Morgan fingerprint density at radius 2 is 2.11 bits per heavy atom. The van der Waals surface area contributed by atoms with Gasteiger partial charge < -0.3 is 19.5 Å². The highest BCUT2D eigenvalue weighted by Gasteiger charge is 2.56. The summed E-state index contributed by atoms with van der Waals surface area (Å²) in [4.78, 5) is 0. The summed E-state index contributed by atoms with van der Waals surface area (Å²) in [5, 5.41) is 3.37. The number of hydrogen-bond acceptors (Lipinski definition) is 4. The molecular weight excluding hydrogens is 242 g/mol. The molecule has 0 amide bonds. The van der Waals surface area contributed by atoms with Crippen LogP contribution >= 0.6 is 0 Å². The van der Waals surface area contributed by atoms with Crippen molar-refractivity contribution in [3.05, 3.63) is 12.7 Å². The van der Waals surface area contributed by atoms with E-state index in [9.17, 15) is 0 Å². The van der Waals surface area contributed by atoms with E-state index in [-0.39, 0.29) is 18.1 Å². The molecule has 0 spiro atoms. The van der Waals surface area contributed by atoms with E-state index >= 15 is 0 Å². The molecule has 0 aromatic heterocycles. The van der Waals surface area contributed by atoms with E-state index in [2.05, 4.69) is 25.7 Å². The van der Waals surface area contributed by atoms with Gasteiger partial charge in [-0.15, -0.1) is 6.58 Å². The average Bonchev–Trinajstić information content (AvgIpc) is 2.39. The van der Waals surface area contributed by atoms with Gasteiger partial charge in [0.25, 0.3) is 0 Å². The summed E-state index contributed by atoms with van der Waals surface area (Å²) in [6, 6.07) is 0. The van der Waals surface area contributed by atoms with Gasteiger partial charge in [0, 0.05) is 26.1 Å². The molecule has 0 bridgehead atoms. The second-order valence-corrected chi connectivity index (χ2v) is 5.93. The van der Waals surface area contributed by atoms with Crippen LogP contribution in [-0.4, -0.2) is 43.8 Å². The van der Waals surface area contributed by atoms with Crippen molar-refractivity contribution in [2.24, 2.45) is 5.92 Å². The first kappa shape index (κ1) is 15.0. The molecule has 0 aromatic carbocycles. The smallest absolute Gasteiger partial charge is 0.194 e. The molecule has 19 heavy (non-hydrogen) atoms. The summed E-state index contributed by atoms with van der Waals surface area (Å²) in [6.07, 6.45) is 4.00. The normalized spacial score (nSPS) is 46.6. The Labute approximate surface area is 116 Å². The summed E-state index contributed by atoms with van der Waals surface area (Å²) < 4.78 is 18.4. The monoisotopic (exact) mass is 269 g/mol. The number of piperidine rings is 1. The Morgan fingerprint density at radius 1 is 1.37 bits per heavy atom. The molecule has 4 nitrogen and oxygen atoms in total. The largest absolute Gasteiger partial charge is 0.363 e. The summed E-state index contributed by atoms with van der Waals surface area (Å²) in [5.74, 6) is -0.411. The summed E-state index contributed by atoms with van der Waals surface area (Å²) in [6.45, 7) is 11.9. The lowest BCUT2D eigenvalue weighted by molar-refractivity contribution is -0.393. The van der Waals surface area contributed by atoms with E-state index in [1.165, 1.54) is 0 Å². The average molecular weight is 269 g/mol. The van der Waals surface area contributed by atoms with E-state index in [0.717, 1.165) is 25.9 Å². The Balaban J connectivity index is 2.26. The second-order valence-electron chi connectivity index (χ2n) is 5.93. The number of methoxy groups -OCH3 is 1. The zero-order valence-electron chi connectivity index (χ0n) is 12.6. The summed E-state index contributed by atoms with van der Waals surface area (Å²) in [7, 11) is 1.69. The Morgan fingerprint density at radius 3 is 2.68 bits per heavy atom. The Kier molecular flexibility index (Phi) is 4.35. The Bertz CT molecular complexity index is 335. The van der Waals surface area contributed by atoms with Gasteiger partial charge >= 0.3 is 0 Å². The molecule has 2 saturated heterocycles. The van der Waals surface area contributed by atoms with Crippen molar-refractivity contribution in [1.82, 2.24) is 5.32 Å². The van der Waals surface area contributed by atoms with Crippen molar-refractivity contribution in [2.45, 2.75) is 57.2 Å². The molecule has 2 aliphatic rings. The highest BCUT2D eigenvalue weighted by molar-refractivity contribution is 5.03. The SMILES string of the molecule is C=C[C@H]1CNC[C@H]2O[C@](C)(OC)[C@@](C)(CCC)O[C@H]12. The standard InChI is InChI=1S/C15H27NO3/c1-6-8-14(3)15(4,17-5)18-12-10-16-9-11(7-2)13(12)19-14/h7,11-13,16H,2,6,8-10H2,1,3-5H3/t11-,12+,13+,14+,15-/m0/s1. The van der Waals surface area contributed by atoms with E-state index < -0.39 is 11.4 Å². The predicted octanol–water partition coefficient (Wildman–Crippen LogP) is 2.10. The van der Waals surface area contributed by atoms with Crippen LogP contribution in [0.25, 0.3) is 0 Å². The molecule has 4 heteroatoms. The molecule has 0 aliphatic carbocycles. The van der Waals surface area contributed by atoms with Crippen molar-refractivity contribution in [3.8, 4) is 0 Å². The minimum Gasteiger partial charge on any atom is -0.363 e. The number of nitrogens with one attached hydrogen (secondary N) is 1. The molecule has 2 heterocycles. The van der Waals surface area contributed by atoms with Crippen LogP contribution in [0.2, 0.25) is 0 Å². The molecule has 2 rings (SSSR count). The molecular formula is C15H27NO3. The lowest BCUT2D eigenvalue weighted by Gasteiger charge is -2.56. The van der Waals surface area contributed by atoms with Crippen molar-refractivity contribution in [1.29, 1.82) is 0 Å². The summed E-state index contributed by atoms with van der Waals surface area (Å²) >= 11 is 0. The molecule has 0 radical (unpaired) electrons.